The smallest absolute Gasteiger partial charge is 0.191 e. The largest absolute Gasteiger partial charge is 0.492 e. The van der Waals surface area contributed by atoms with E-state index in [1.807, 2.05) is 29.5 Å². The number of thiophene rings is 1. The fourth-order valence-electron chi connectivity index (χ4n) is 3.14. The average molecular weight is 417 g/mol. The number of hydrogen-bond donors (Lipinski definition) is 2. The molecule has 158 valence electrons. The summed E-state index contributed by atoms with van der Waals surface area (Å²) in [5, 5.41) is 6.74. The van der Waals surface area contributed by atoms with Crippen molar-refractivity contribution in [3.63, 3.8) is 0 Å². The molecule has 0 spiro atoms. The van der Waals surface area contributed by atoms with Crippen molar-refractivity contribution in [3.05, 3.63) is 51.7 Å². The Morgan fingerprint density at radius 1 is 1.17 bits per heavy atom. The Labute approximate surface area is 177 Å². The molecule has 0 unspecified atom stereocenters. The van der Waals surface area contributed by atoms with E-state index in [2.05, 4.69) is 47.6 Å². The summed E-state index contributed by atoms with van der Waals surface area (Å²) >= 11 is 1.81. The Bertz CT molecular complexity index is 772. The summed E-state index contributed by atoms with van der Waals surface area (Å²) < 4.78 is 11.5. The first kappa shape index (κ1) is 21.6. The van der Waals surface area contributed by atoms with Crippen molar-refractivity contribution in [2.24, 2.45) is 4.99 Å². The summed E-state index contributed by atoms with van der Waals surface area (Å²) in [5.41, 5.74) is 1.10. The summed E-state index contributed by atoms with van der Waals surface area (Å²) in [5.74, 6) is 1.73. The van der Waals surface area contributed by atoms with Gasteiger partial charge in [0.2, 0.25) is 0 Å². The van der Waals surface area contributed by atoms with Crippen LogP contribution in [0.15, 0.2) is 41.4 Å². The molecule has 0 aliphatic carbocycles. The molecule has 1 aromatic carbocycles. The zero-order chi connectivity index (χ0) is 20.3. The lowest BCUT2D eigenvalue weighted by Crippen LogP contribution is -2.38. The summed E-state index contributed by atoms with van der Waals surface area (Å²) in [4.78, 5) is 9.77. The van der Waals surface area contributed by atoms with Crippen LogP contribution in [0.3, 0.4) is 0 Å². The average Bonchev–Trinajstić information content (AvgIpc) is 3.17. The topological polar surface area (TPSA) is 58.1 Å². The second-order valence-electron chi connectivity index (χ2n) is 6.97. The van der Waals surface area contributed by atoms with Gasteiger partial charge in [0, 0.05) is 41.5 Å². The number of aliphatic imine (C=N–C) groups is 1. The third kappa shape index (κ3) is 7.34. The van der Waals surface area contributed by atoms with Crippen LogP contribution in [0.25, 0.3) is 0 Å². The molecule has 0 atom stereocenters. The van der Waals surface area contributed by atoms with Crippen molar-refractivity contribution >= 4 is 17.3 Å². The third-order valence-corrected chi connectivity index (χ3v) is 5.72. The standard InChI is InChI=1S/C22H32N4O2S/c1-3-23-22(25-17-20-9-8-18(2)29-20)24-16-19-6-4-5-7-21(19)28-15-12-26-10-13-27-14-11-26/h4-9H,3,10-17H2,1-2H3,(H2,23,24,25). The van der Waals surface area contributed by atoms with Gasteiger partial charge < -0.3 is 20.1 Å². The van der Waals surface area contributed by atoms with Crippen LogP contribution in [-0.4, -0.2) is 56.9 Å². The number of benzene rings is 1. The summed E-state index contributed by atoms with van der Waals surface area (Å²) in [6.45, 7) is 11.6. The maximum Gasteiger partial charge on any atom is 0.191 e. The molecule has 1 aromatic heterocycles. The molecule has 0 radical (unpaired) electrons. The molecule has 0 amide bonds. The van der Waals surface area contributed by atoms with Gasteiger partial charge in [-0.05, 0) is 32.0 Å². The van der Waals surface area contributed by atoms with Crippen molar-refractivity contribution in [1.82, 2.24) is 15.5 Å². The minimum atomic E-state index is 0.576. The Morgan fingerprint density at radius 3 is 2.76 bits per heavy atom. The molecule has 1 aliphatic heterocycles. The van der Waals surface area contributed by atoms with Gasteiger partial charge in [0.1, 0.15) is 12.4 Å². The molecule has 6 nitrogen and oxygen atoms in total. The molecule has 7 heteroatoms. The highest BCUT2D eigenvalue weighted by Crippen LogP contribution is 2.19. The fourth-order valence-corrected chi connectivity index (χ4v) is 3.97. The number of guanidine groups is 1. The van der Waals surface area contributed by atoms with Crippen LogP contribution in [0.5, 0.6) is 5.75 Å². The highest BCUT2D eigenvalue weighted by molar-refractivity contribution is 7.11. The van der Waals surface area contributed by atoms with Crippen LogP contribution < -0.4 is 15.4 Å². The van der Waals surface area contributed by atoms with E-state index < -0.39 is 0 Å². The number of ether oxygens (including phenoxy) is 2. The minimum Gasteiger partial charge on any atom is -0.492 e. The number of nitrogens with one attached hydrogen (secondary N) is 2. The normalized spacial score (nSPS) is 15.3. The second kappa shape index (κ2) is 11.8. The first-order chi connectivity index (χ1) is 14.2. The Kier molecular flexibility index (Phi) is 8.80. The highest BCUT2D eigenvalue weighted by atomic mass is 32.1. The zero-order valence-corrected chi connectivity index (χ0v) is 18.3. The molecule has 2 aromatic rings. The molecule has 2 heterocycles. The number of para-hydroxylation sites is 1. The lowest BCUT2D eigenvalue weighted by atomic mass is 10.2. The fraction of sp³-hybridized carbons (Fsp3) is 0.500. The molecular formula is C22H32N4O2S. The predicted molar refractivity (Wildman–Crippen MR) is 120 cm³/mol. The van der Waals surface area contributed by atoms with E-state index in [9.17, 15) is 0 Å². The van der Waals surface area contributed by atoms with Crippen molar-refractivity contribution < 1.29 is 9.47 Å². The molecular weight excluding hydrogens is 384 g/mol. The summed E-state index contributed by atoms with van der Waals surface area (Å²) in [6.07, 6.45) is 0. The predicted octanol–water partition coefficient (Wildman–Crippen LogP) is 3.02. The Morgan fingerprint density at radius 2 is 2.00 bits per heavy atom. The van der Waals surface area contributed by atoms with E-state index >= 15 is 0 Å². The second-order valence-corrected chi connectivity index (χ2v) is 8.34. The first-order valence-electron chi connectivity index (χ1n) is 10.3. The first-order valence-corrected chi connectivity index (χ1v) is 11.1. The number of hydrogen-bond acceptors (Lipinski definition) is 5. The van der Waals surface area contributed by atoms with Gasteiger partial charge in [-0.2, -0.15) is 0 Å². The number of morpholine rings is 1. The highest BCUT2D eigenvalue weighted by Gasteiger charge is 2.10. The van der Waals surface area contributed by atoms with Crippen molar-refractivity contribution in [3.8, 4) is 5.75 Å². The van der Waals surface area contributed by atoms with Gasteiger partial charge in [-0.3, -0.25) is 4.90 Å². The maximum atomic E-state index is 6.07. The number of rotatable bonds is 9. The van der Waals surface area contributed by atoms with Gasteiger partial charge >= 0.3 is 0 Å². The molecule has 1 aliphatic rings. The molecule has 1 saturated heterocycles. The van der Waals surface area contributed by atoms with E-state index in [0.717, 1.165) is 63.2 Å². The quantitative estimate of drug-likeness (QED) is 0.486. The molecule has 0 bridgehead atoms. The number of aryl methyl sites for hydroxylation is 1. The van der Waals surface area contributed by atoms with Gasteiger partial charge in [0.05, 0.1) is 26.3 Å². The van der Waals surface area contributed by atoms with Gasteiger partial charge in [-0.15, -0.1) is 11.3 Å². The van der Waals surface area contributed by atoms with Gasteiger partial charge in [-0.1, -0.05) is 18.2 Å². The van der Waals surface area contributed by atoms with Gasteiger partial charge in [0.25, 0.3) is 0 Å². The van der Waals surface area contributed by atoms with Crippen LogP contribution in [0.4, 0.5) is 0 Å². The van der Waals surface area contributed by atoms with E-state index in [1.54, 1.807) is 0 Å². The van der Waals surface area contributed by atoms with E-state index in [-0.39, 0.29) is 0 Å². The molecule has 29 heavy (non-hydrogen) atoms. The molecule has 1 fully saturated rings. The lowest BCUT2D eigenvalue weighted by Gasteiger charge is -2.26. The van der Waals surface area contributed by atoms with Crippen LogP contribution in [0, 0.1) is 6.92 Å². The molecule has 0 saturated carbocycles. The van der Waals surface area contributed by atoms with Gasteiger partial charge in [-0.25, -0.2) is 4.99 Å². The van der Waals surface area contributed by atoms with E-state index in [1.165, 1.54) is 9.75 Å². The SMILES string of the molecule is CCNC(=NCc1ccccc1OCCN1CCOCC1)NCc1ccc(C)s1. The Hall–Kier alpha value is -2.09. The van der Waals surface area contributed by atoms with Gasteiger partial charge in [0.15, 0.2) is 5.96 Å². The molecule has 3 rings (SSSR count). The van der Waals surface area contributed by atoms with E-state index in [4.69, 9.17) is 14.5 Å². The van der Waals surface area contributed by atoms with Crippen LogP contribution in [-0.2, 0) is 17.8 Å². The summed E-state index contributed by atoms with van der Waals surface area (Å²) in [6, 6.07) is 12.5. The zero-order valence-electron chi connectivity index (χ0n) is 17.4. The van der Waals surface area contributed by atoms with E-state index in [0.29, 0.717) is 13.2 Å². The molecule has 2 N–H and O–H groups in total. The van der Waals surface area contributed by atoms with Crippen molar-refractivity contribution in [2.75, 3.05) is 46.0 Å². The number of nitrogens with zero attached hydrogens (tertiary/aromatic N) is 2. The van der Waals surface area contributed by atoms with Crippen molar-refractivity contribution in [2.45, 2.75) is 26.9 Å². The Balaban J connectivity index is 1.53. The monoisotopic (exact) mass is 416 g/mol. The third-order valence-electron chi connectivity index (χ3n) is 4.72. The van der Waals surface area contributed by atoms with Crippen LogP contribution in [0.2, 0.25) is 0 Å². The van der Waals surface area contributed by atoms with Crippen molar-refractivity contribution in [1.29, 1.82) is 0 Å². The maximum absolute atomic E-state index is 6.07. The van der Waals surface area contributed by atoms with Crippen LogP contribution in [0.1, 0.15) is 22.2 Å². The van der Waals surface area contributed by atoms with Crippen LogP contribution >= 0.6 is 11.3 Å². The lowest BCUT2D eigenvalue weighted by molar-refractivity contribution is 0.0322. The minimum absolute atomic E-state index is 0.576. The summed E-state index contributed by atoms with van der Waals surface area (Å²) in [7, 11) is 0.